The predicted molar refractivity (Wildman–Crippen MR) is 64.6 cm³/mol. The first kappa shape index (κ1) is 11.5. The lowest BCUT2D eigenvalue weighted by molar-refractivity contribution is 0.573. The second-order valence-corrected chi connectivity index (χ2v) is 4.70. The molecule has 2 rings (SSSR count). The fourth-order valence-corrected chi connectivity index (χ4v) is 2.69. The number of aromatic amines is 2. The van der Waals surface area contributed by atoms with E-state index in [1.807, 2.05) is 0 Å². The van der Waals surface area contributed by atoms with Gasteiger partial charge >= 0.3 is 5.69 Å². The van der Waals surface area contributed by atoms with Crippen LogP contribution in [0.5, 0.6) is 0 Å². The van der Waals surface area contributed by atoms with Crippen molar-refractivity contribution in [3.63, 3.8) is 0 Å². The van der Waals surface area contributed by atoms with E-state index < -0.39 is 0 Å². The summed E-state index contributed by atoms with van der Waals surface area (Å²) < 4.78 is 0. The van der Waals surface area contributed by atoms with Crippen LogP contribution in [0.3, 0.4) is 0 Å². The average molecular weight is 223 g/mol. The minimum Gasteiger partial charge on any atom is -0.330 e. The molecule has 1 aliphatic carbocycles. The van der Waals surface area contributed by atoms with Crippen molar-refractivity contribution in [3.05, 3.63) is 21.9 Å². The van der Waals surface area contributed by atoms with E-state index in [2.05, 4.69) is 9.97 Å². The van der Waals surface area contributed by atoms with Crippen molar-refractivity contribution in [3.8, 4) is 0 Å². The Morgan fingerprint density at radius 1 is 1.12 bits per heavy atom. The van der Waals surface area contributed by atoms with Crippen LogP contribution in [-0.4, -0.2) is 16.5 Å². The molecule has 1 saturated carbocycles. The Hall–Kier alpha value is -1.03. The number of aromatic nitrogens is 2. The molecule has 0 aromatic carbocycles. The Balaban J connectivity index is 2.19. The minimum atomic E-state index is -0.0808. The number of nitrogens with one attached hydrogen (secondary N) is 2. The fourth-order valence-electron chi connectivity index (χ4n) is 2.69. The summed E-state index contributed by atoms with van der Waals surface area (Å²) in [4.78, 5) is 17.2. The van der Waals surface area contributed by atoms with E-state index in [9.17, 15) is 4.79 Å². The second-order valence-electron chi connectivity index (χ2n) is 4.70. The zero-order chi connectivity index (χ0) is 11.4. The monoisotopic (exact) mass is 223 g/mol. The molecule has 1 aromatic heterocycles. The summed E-state index contributed by atoms with van der Waals surface area (Å²) in [6.07, 6.45) is 8.38. The number of rotatable bonds is 3. The number of hydrogen-bond acceptors (Lipinski definition) is 2. The lowest BCUT2D eigenvalue weighted by Crippen LogP contribution is -2.08. The third kappa shape index (κ3) is 2.55. The van der Waals surface area contributed by atoms with E-state index >= 15 is 0 Å². The molecule has 0 atom stereocenters. The van der Waals surface area contributed by atoms with Gasteiger partial charge in [-0.25, -0.2) is 4.79 Å². The van der Waals surface area contributed by atoms with E-state index in [-0.39, 0.29) is 5.69 Å². The largest absolute Gasteiger partial charge is 0.330 e. The molecule has 0 amide bonds. The van der Waals surface area contributed by atoms with Gasteiger partial charge in [-0.3, -0.25) is 0 Å². The van der Waals surface area contributed by atoms with Gasteiger partial charge in [0.05, 0.1) is 0 Å². The Kier molecular flexibility index (Phi) is 3.83. The molecule has 16 heavy (non-hydrogen) atoms. The molecule has 0 bridgehead atoms. The predicted octanol–water partition coefficient (Wildman–Crippen LogP) is 1.64. The Labute approximate surface area is 95.6 Å². The highest BCUT2D eigenvalue weighted by molar-refractivity contribution is 5.17. The number of H-pyrrole nitrogens is 2. The van der Waals surface area contributed by atoms with E-state index in [0.29, 0.717) is 12.5 Å². The molecule has 1 fully saturated rings. The van der Waals surface area contributed by atoms with Crippen LogP contribution in [0.25, 0.3) is 0 Å². The van der Waals surface area contributed by atoms with Crippen LogP contribution in [0, 0.1) is 0 Å². The Bertz CT molecular complexity index is 372. The van der Waals surface area contributed by atoms with Crippen LogP contribution in [0.4, 0.5) is 0 Å². The smallest absolute Gasteiger partial charge is 0.323 e. The Morgan fingerprint density at radius 3 is 2.44 bits per heavy atom. The molecular formula is C12H21N3O. The maximum atomic E-state index is 11.4. The standard InChI is InChI=1S/C12H21N3O/c13-8-7-10-11(15-12(16)14-10)9-5-3-1-2-4-6-9/h9H,1-8,13H2,(H2,14,15,16). The summed E-state index contributed by atoms with van der Waals surface area (Å²) in [5.74, 6) is 0.531. The molecule has 0 radical (unpaired) electrons. The van der Waals surface area contributed by atoms with Crippen molar-refractivity contribution in [1.82, 2.24) is 9.97 Å². The lowest BCUT2D eigenvalue weighted by Gasteiger charge is -2.13. The van der Waals surface area contributed by atoms with Gasteiger partial charge in [-0.15, -0.1) is 0 Å². The summed E-state index contributed by atoms with van der Waals surface area (Å²) in [5.41, 5.74) is 7.63. The molecule has 1 aromatic rings. The van der Waals surface area contributed by atoms with Crippen LogP contribution in [0.15, 0.2) is 4.79 Å². The van der Waals surface area contributed by atoms with E-state index in [0.717, 1.165) is 17.8 Å². The first-order chi connectivity index (χ1) is 7.81. The number of hydrogen-bond donors (Lipinski definition) is 3. The maximum absolute atomic E-state index is 11.4. The van der Waals surface area contributed by atoms with Gasteiger partial charge in [0.15, 0.2) is 0 Å². The molecule has 4 heteroatoms. The number of nitrogens with two attached hydrogens (primary N) is 1. The lowest BCUT2D eigenvalue weighted by atomic mass is 9.94. The highest BCUT2D eigenvalue weighted by Crippen LogP contribution is 2.31. The summed E-state index contributed by atoms with van der Waals surface area (Å²) >= 11 is 0. The zero-order valence-corrected chi connectivity index (χ0v) is 9.72. The summed E-state index contributed by atoms with van der Waals surface area (Å²) in [7, 11) is 0. The first-order valence-electron chi connectivity index (χ1n) is 6.32. The average Bonchev–Trinajstić information content (AvgIpc) is 2.52. The second kappa shape index (κ2) is 5.34. The molecule has 0 saturated heterocycles. The normalized spacial score (nSPS) is 18.6. The van der Waals surface area contributed by atoms with Crippen LogP contribution < -0.4 is 11.4 Å². The SMILES string of the molecule is NCCc1[nH]c(=O)[nH]c1C1CCCCCC1. The van der Waals surface area contributed by atoms with Crippen LogP contribution in [0.2, 0.25) is 0 Å². The van der Waals surface area contributed by atoms with Gasteiger partial charge < -0.3 is 15.7 Å². The fraction of sp³-hybridized carbons (Fsp3) is 0.750. The third-order valence-electron chi connectivity index (χ3n) is 3.50. The first-order valence-corrected chi connectivity index (χ1v) is 6.32. The van der Waals surface area contributed by atoms with E-state index in [1.165, 1.54) is 38.5 Å². The van der Waals surface area contributed by atoms with E-state index in [1.54, 1.807) is 0 Å². The summed E-state index contributed by atoms with van der Waals surface area (Å²) in [5, 5.41) is 0. The molecule has 90 valence electrons. The zero-order valence-electron chi connectivity index (χ0n) is 9.72. The molecule has 1 aliphatic rings. The van der Waals surface area contributed by atoms with Crippen molar-refractivity contribution >= 4 is 0 Å². The molecular weight excluding hydrogens is 202 g/mol. The van der Waals surface area contributed by atoms with Crippen molar-refractivity contribution in [2.45, 2.75) is 50.9 Å². The molecule has 4 N–H and O–H groups in total. The van der Waals surface area contributed by atoms with Crippen molar-refractivity contribution in [1.29, 1.82) is 0 Å². The maximum Gasteiger partial charge on any atom is 0.323 e. The third-order valence-corrected chi connectivity index (χ3v) is 3.50. The molecule has 0 spiro atoms. The minimum absolute atomic E-state index is 0.0808. The van der Waals surface area contributed by atoms with Gasteiger partial charge in [0.2, 0.25) is 0 Å². The topological polar surface area (TPSA) is 74.7 Å². The van der Waals surface area contributed by atoms with Gasteiger partial charge in [-0.2, -0.15) is 0 Å². The van der Waals surface area contributed by atoms with Gasteiger partial charge in [-0.1, -0.05) is 25.7 Å². The highest BCUT2D eigenvalue weighted by Gasteiger charge is 2.19. The summed E-state index contributed by atoms with van der Waals surface area (Å²) in [6, 6.07) is 0. The number of imidazole rings is 1. The van der Waals surface area contributed by atoms with Crippen molar-refractivity contribution in [2.75, 3.05) is 6.54 Å². The van der Waals surface area contributed by atoms with Crippen LogP contribution >= 0.6 is 0 Å². The van der Waals surface area contributed by atoms with Gasteiger partial charge in [0.25, 0.3) is 0 Å². The summed E-state index contributed by atoms with van der Waals surface area (Å²) in [6.45, 7) is 0.591. The molecule has 4 nitrogen and oxygen atoms in total. The van der Waals surface area contributed by atoms with E-state index in [4.69, 9.17) is 5.73 Å². The van der Waals surface area contributed by atoms with Crippen LogP contribution in [-0.2, 0) is 6.42 Å². The van der Waals surface area contributed by atoms with Gasteiger partial charge in [-0.05, 0) is 19.4 Å². The highest BCUT2D eigenvalue weighted by atomic mass is 16.1. The van der Waals surface area contributed by atoms with Crippen LogP contribution in [0.1, 0.15) is 55.8 Å². The van der Waals surface area contributed by atoms with Crippen molar-refractivity contribution in [2.24, 2.45) is 5.73 Å². The Morgan fingerprint density at radius 2 is 1.81 bits per heavy atom. The molecule has 0 unspecified atom stereocenters. The molecule has 1 heterocycles. The van der Waals surface area contributed by atoms with Crippen molar-refractivity contribution < 1.29 is 0 Å². The van der Waals surface area contributed by atoms with Gasteiger partial charge in [0, 0.05) is 23.7 Å². The quantitative estimate of drug-likeness (QED) is 0.681. The molecule has 0 aliphatic heterocycles. The van der Waals surface area contributed by atoms with Gasteiger partial charge in [0.1, 0.15) is 0 Å².